The van der Waals surface area contributed by atoms with Crippen molar-refractivity contribution in [3.8, 4) is 0 Å². The fraction of sp³-hybridized carbons (Fsp3) is 0.375. The molecule has 0 aliphatic rings. The lowest BCUT2D eigenvalue weighted by Gasteiger charge is -2.06. The summed E-state index contributed by atoms with van der Waals surface area (Å²) >= 11 is 12.1. The van der Waals surface area contributed by atoms with E-state index in [1.54, 1.807) is 0 Å². The Morgan fingerprint density at radius 1 is 0.289 bits per heavy atom. The van der Waals surface area contributed by atoms with Crippen molar-refractivity contribution in [2.75, 3.05) is 0 Å². The molecule has 0 saturated heterocycles. The van der Waals surface area contributed by atoms with Gasteiger partial charge in [0.2, 0.25) is 0 Å². The van der Waals surface area contributed by atoms with E-state index in [1.165, 1.54) is 104 Å². The number of aryl methyl sites for hydroxylation is 12. The van der Waals surface area contributed by atoms with E-state index in [-0.39, 0.29) is 0 Å². The van der Waals surface area contributed by atoms with Crippen molar-refractivity contribution < 1.29 is 0 Å². The molecule has 0 atom stereocenters. The highest BCUT2D eigenvalue weighted by molar-refractivity contribution is 15.0. The Morgan fingerprint density at radius 3 is 0.763 bits per heavy atom. The number of hydrogen-bond donors (Lipinski definition) is 0. The van der Waals surface area contributed by atoms with Crippen molar-refractivity contribution >= 4 is 123 Å². The largest absolute Gasteiger partial charge is 0.140 e. The first-order chi connectivity index (χ1) is 17.9. The van der Waals surface area contributed by atoms with Gasteiger partial charge in [-0.25, -0.2) is 0 Å². The van der Waals surface area contributed by atoms with Gasteiger partial charge in [0.05, 0.1) is 0 Å². The van der Waals surface area contributed by atoms with Crippen LogP contribution >= 0.6 is 82.6 Å². The maximum atomic E-state index is 2.29. The Labute approximate surface area is 267 Å². The van der Waals surface area contributed by atoms with E-state index in [4.69, 9.17) is 0 Å². The lowest BCUT2D eigenvalue weighted by atomic mass is 9.98. The van der Waals surface area contributed by atoms with Crippen molar-refractivity contribution in [3.63, 3.8) is 0 Å². The molecule has 38 heavy (non-hydrogen) atoms. The normalized spacial score (nSPS) is 11.4. The summed E-state index contributed by atoms with van der Waals surface area (Å²) in [5, 5.41) is 6.01. The molecule has 0 fully saturated rings. The first-order valence-corrected chi connectivity index (χ1v) is 22.3. The number of thiophene rings is 4. The SMILES string of the molecule is Cc1sc2c(C)c3c(C)c(C)sc3c(C)c2c1C.Cc1sc2c(C)c3sc(C)c(C)c3c(C)c2c1C.II. The van der Waals surface area contributed by atoms with E-state index in [0.29, 0.717) is 0 Å². The average molecular weight is 803 g/mol. The van der Waals surface area contributed by atoms with E-state index in [0.717, 1.165) is 0 Å². The third-order valence-corrected chi connectivity index (χ3v) is 13.7. The van der Waals surface area contributed by atoms with Crippen LogP contribution in [0, 0.1) is 83.1 Å². The van der Waals surface area contributed by atoms with Gasteiger partial charge < -0.3 is 0 Å². The predicted octanol–water partition coefficient (Wildman–Crippen LogP) is 13.7. The first-order valence-electron chi connectivity index (χ1n) is 12.8. The topological polar surface area (TPSA) is 0 Å². The zero-order valence-electron chi connectivity index (χ0n) is 24.4. The molecule has 0 nitrogen and oxygen atoms in total. The van der Waals surface area contributed by atoms with Gasteiger partial charge in [0.15, 0.2) is 0 Å². The third-order valence-electron chi connectivity index (χ3n) is 8.40. The number of hydrogen-bond acceptors (Lipinski definition) is 4. The molecular formula is C32H36I2S4. The van der Waals surface area contributed by atoms with Gasteiger partial charge in [0.25, 0.3) is 0 Å². The third kappa shape index (κ3) is 4.71. The van der Waals surface area contributed by atoms with Gasteiger partial charge in [-0.05, 0) is 138 Å². The summed E-state index contributed by atoms with van der Waals surface area (Å²) < 4.78 is 5.99. The zero-order valence-corrected chi connectivity index (χ0v) is 32.0. The van der Waals surface area contributed by atoms with Crippen LogP contribution in [0.15, 0.2) is 0 Å². The lowest BCUT2D eigenvalue weighted by Crippen LogP contribution is -1.84. The van der Waals surface area contributed by atoms with Crippen molar-refractivity contribution in [1.82, 2.24) is 0 Å². The van der Waals surface area contributed by atoms with Crippen molar-refractivity contribution in [1.29, 1.82) is 0 Å². The van der Waals surface area contributed by atoms with E-state index in [1.807, 2.05) is 45.3 Å². The Hall–Kier alpha value is -0.260. The monoisotopic (exact) mass is 802 g/mol. The molecular weight excluding hydrogens is 766 g/mol. The summed E-state index contributed by atoms with van der Waals surface area (Å²) in [6.07, 6.45) is 0. The number of rotatable bonds is 0. The van der Waals surface area contributed by atoms with E-state index in [2.05, 4.69) is 120 Å². The molecule has 0 amide bonds. The van der Waals surface area contributed by atoms with Crippen LogP contribution in [-0.2, 0) is 0 Å². The second kappa shape index (κ2) is 11.6. The molecule has 0 spiro atoms. The number of halogens is 2. The Kier molecular flexibility index (Phi) is 9.33. The van der Waals surface area contributed by atoms with Gasteiger partial charge in [-0.2, -0.15) is 0 Å². The van der Waals surface area contributed by atoms with Crippen molar-refractivity contribution in [3.05, 3.63) is 64.0 Å². The lowest BCUT2D eigenvalue weighted by molar-refractivity contribution is 1.43. The van der Waals surface area contributed by atoms with E-state index in [9.17, 15) is 0 Å². The summed E-state index contributed by atoms with van der Waals surface area (Å²) in [6, 6.07) is 0. The molecule has 2 aromatic carbocycles. The summed E-state index contributed by atoms with van der Waals surface area (Å²) in [5.41, 5.74) is 11.8. The van der Waals surface area contributed by atoms with Crippen molar-refractivity contribution in [2.24, 2.45) is 0 Å². The highest BCUT2D eigenvalue weighted by atomic mass is 128. The molecule has 6 heteroatoms. The van der Waals surface area contributed by atoms with Crippen LogP contribution in [0.4, 0.5) is 0 Å². The number of fused-ring (bicyclic) bond motifs is 4. The molecule has 0 N–H and O–H groups in total. The molecule has 0 bridgehead atoms. The van der Waals surface area contributed by atoms with Crippen LogP contribution in [0.25, 0.3) is 40.3 Å². The van der Waals surface area contributed by atoms with Gasteiger partial charge in [-0.15, -0.1) is 45.3 Å². The Balaban J connectivity index is 0.000000166. The standard InChI is InChI=1S/2C16H18S2.I2/c1-7-11(5)17-15-10(4)14-8(2)12(6)18-16(14)9(3)13(7)15;1-7-11(5)17-15-10(4)16-14(9(3)13(7)15)8(2)12(6)18-16;1-2/h2*1-6H3;. The molecule has 202 valence electrons. The average Bonchev–Trinajstić information content (AvgIpc) is 3.57. The fourth-order valence-electron chi connectivity index (χ4n) is 5.83. The summed E-state index contributed by atoms with van der Waals surface area (Å²) in [5.74, 6) is 0. The maximum absolute atomic E-state index is 2.29. The van der Waals surface area contributed by atoms with E-state index < -0.39 is 0 Å². The molecule has 4 aromatic heterocycles. The smallest absolute Gasteiger partial charge is 0.0394 e. The summed E-state index contributed by atoms with van der Waals surface area (Å²) in [4.78, 5) is 5.85. The molecule has 4 heterocycles. The summed E-state index contributed by atoms with van der Waals surface area (Å²) in [7, 11) is 0. The second-order valence-electron chi connectivity index (χ2n) is 10.4. The molecule has 0 unspecified atom stereocenters. The molecule has 0 aliphatic heterocycles. The maximum Gasteiger partial charge on any atom is 0.0394 e. The predicted molar refractivity (Wildman–Crippen MR) is 199 cm³/mol. The van der Waals surface area contributed by atoms with E-state index >= 15 is 0 Å². The van der Waals surface area contributed by atoms with Crippen LogP contribution in [-0.4, -0.2) is 0 Å². The van der Waals surface area contributed by atoms with Gasteiger partial charge in [0.1, 0.15) is 0 Å². The molecule has 0 radical (unpaired) electrons. The fourth-order valence-corrected chi connectivity index (χ4v) is 10.8. The minimum atomic E-state index is 1.46. The molecule has 6 rings (SSSR count). The number of benzene rings is 2. The van der Waals surface area contributed by atoms with Gasteiger partial charge in [-0.3, -0.25) is 0 Å². The highest BCUT2D eigenvalue weighted by Crippen LogP contribution is 2.45. The minimum absolute atomic E-state index is 1.46. The quantitative estimate of drug-likeness (QED) is 0.134. The Bertz CT molecular complexity index is 1720. The van der Waals surface area contributed by atoms with Gasteiger partial charge in [-0.1, -0.05) is 0 Å². The van der Waals surface area contributed by atoms with Crippen LogP contribution in [0.1, 0.15) is 64.0 Å². The van der Waals surface area contributed by atoms with Gasteiger partial charge in [0, 0.05) is 86.3 Å². The zero-order chi connectivity index (χ0) is 28.4. The van der Waals surface area contributed by atoms with Crippen LogP contribution in [0.5, 0.6) is 0 Å². The molecule has 0 aliphatic carbocycles. The molecule has 0 saturated carbocycles. The van der Waals surface area contributed by atoms with Crippen LogP contribution < -0.4 is 0 Å². The highest BCUT2D eigenvalue weighted by Gasteiger charge is 2.19. The van der Waals surface area contributed by atoms with Crippen LogP contribution in [0.2, 0.25) is 0 Å². The summed E-state index contributed by atoms with van der Waals surface area (Å²) in [6.45, 7) is 27.2. The Morgan fingerprint density at radius 2 is 0.500 bits per heavy atom. The molecule has 6 aromatic rings. The minimum Gasteiger partial charge on any atom is -0.140 e. The second-order valence-corrected chi connectivity index (χ2v) is 15.3. The van der Waals surface area contributed by atoms with Gasteiger partial charge >= 0.3 is 0 Å². The first kappa shape index (κ1) is 30.7. The van der Waals surface area contributed by atoms with Crippen LogP contribution in [0.3, 0.4) is 0 Å². The van der Waals surface area contributed by atoms with Crippen molar-refractivity contribution in [2.45, 2.75) is 83.1 Å².